The molecular weight excluding hydrogens is 306 g/mol. The molecule has 1 aromatic rings. The second kappa shape index (κ2) is 6.34. The lowest BCUT2D eigenvalue weighted by atomic mass is 10.1. The van der Waals surface area contributed by atoms with Gasteiger partial charge < -0.3 is 10.2 Å². The minimum Gasteiger partial charge on any atom is -0.310 e. The van der Waals surface area contributed by atoms with Crippen LogP contribution in [0.3, 0.4) is 0 Å². The van der Waals surface area contributed by atoms with Crippen LogP contribution in [0.15, 0.2) is 15.7 Å². The topological polar surface area (TPSA) is 61.4 Å². The Kier molecular flexibility index (Phi) is 4.66. The molecule has 118 valence electrons. The van der Waals surface area contributed by atoms with Crippen LogP contribution in [-0.2, 0) is 16.6 Å². The molecule has 1 aromatic heterocycles. The minimum absolute atomic E-state index is 0.431. The highest BCUT2D eigenvalue weighted by atomic mass is 32.2. The Labute approximate surface area is 130 Å². The van der Waals surface area contributed by atoms with E-state index < -0.39 is 10.0 Å². The van der Waals surface area contributed by atoms with Crippen LogP contribution >= 0.6 is 11.3 Å². The number of hydrogen-bond acceptors (Lipinski definition) is 5. The quantitative estimate of drug-likeness (QED) is 0.790. The van der Waals surface area contributed by atoms with Crippen molar-refractivity contribution in [2.75, 3.05) is 26.7 Å². The molecule has 1 saturated heterocycles. The summed E-state index contributed by atoms with van der Waals surface area (Å²) in [4.78, 5) is 2.24. The number of sulfonamides is 1. The third-order valence-corrected chi connectivity index (χ3v) is 7.03. The van der Waals surface area contributed by atoms with E-state index >= 15 is 0 Å². The van der Waals surface area contributed by atoms with Crippen molar-refractivity contribution in [1.29, 1.82) is 0 Å². The van der Waals surface area contributed by atoms with Crippen LogP contribution in [0, 0.1) is 5.92 Å². The highest BCUT2D eigenvalue weighted by Gasteiger charge is 2.24. The molecular formula is C14H23N3O2S2. The molecule has 0 radical (unpaired) electrons. The van der Waals surface area contributed by atoms with Crippen molar-refractivity contribution >= 4 is 21.4 Å². The van der Waals surface area contributed by atoms with Gasteiger partial charge in [0.05, 0.1) is 0 Å². The molecule has 5 nitrogen and oxygen atoms in total. The molecule has 0 aromatic carbocycles. The largest absolute Gasteiger partial charge is 0.310 e. The van der Waals surface area contributed by atoms with Crippen molar-refractivity contribution < 1.29 is 8.42 Å². The molecule has 2 aliphatic rings. The summed E-state index contributed by atoms with van der Waals surface area (Å²) in [7, 11) is -1.27. The summed E-state index contributed by atoms with van der Waals surface area (Å²) < 4.78 is 27.8. The Morgan fingerprint density at radius 1 is 1.38 bits per heavy atom. The van der Waals surface area contributed by atoms with Gasteiger partial charge in [-0.3, -0.25) is 0 Å². The van der Waals surface area contributed by atoms with Crippen LogP contribution in [0.5, 0.6) is 0 Å². The fourth-order valence-corrected chi connectivity index (χ4v) is 5.00. The minimum atomic E-state index is -3.35. The first kappa shape index (κ1) is 15.4. The van der Waals surface area contributed by atoms with Gasteiger partial charge in [0, 0.05) is 25.7 Å². The van der Waals surface area contributed by atoms with Crippen LogP contribution in [0.1, 0.15) is 24.8 Å². The number of nitrogens with zero attached hydrogens (tertiary/aromatic N) is 1. The van der Waals surface area contributed by atoms with Gasteiger partial charge in [0.2, 0.25) is 10.0 Å². The normalized spacial score (nSPS) is 23.8. The number of rotatable bonds is 7. The molecule has 2 heterocycles. The Morgan fingerprint density at radius 2 is 2.19 bits per heavy atom. The van der Waals surface area contributed by atoms with E-state index in [1.807, 2.05) is 5.38 Å². The van der Waals surface area contributed by atoms with E-state index in [9.17, 15) is 8.42 Å². The molecule has 0 amide bonds. The summed E-state index contributed by atoms with van der Waals surface area (Å²) in [5.41, 5.74) is 1.06. The Hall–Kier alpha value is -0.470. The van der Waals surface area contributed by atoms with Crippen LogP contribution in [-0.4, -0.2) is 46.0 Å². The maximum atomic E-state index is 12.3. The van der Waals surface area contributed by atoms with Gasteiger partial charge in [-0.1, -0.05) is 0 Å². The van der Waals surface area contributed by atoms with E-state index in [4.69, 9.17) is 0 Å². The fourth-order valence-electron chi connectivity index (χ4n) is 2.63. The number of thiophene rings is 1. The van der Waals surface area contributed by atoms with Crippen molar-refractivity contribution in [1.82, 2.24) is 14.9 Å². The van der Waals surface area contributed by atoms with Gasteiger partial charge in [-0.2, -0.15) is 0 Å². The van der Waals surface area contributed by atoms with Gasteiger partial charge in [-0.15, -0.1) is 11.3 Å². The van der Waals surface area contributed by atoms with Crippen LogP contribution in [0.2, 0.25) is 0 Å². The van der Waals surface area contributed by atoms with Crippen molar-refractivity contribution in [3.05, 3.63) is 17.0 Å². The van der Waals surface area contributed by atoms with Crippen LogP contribution < -0.4 is 10.0 Å². The average Bonchev–Trinajstić information content (AvgIpc) is 2.97. The third kappa shape index (κ3) is 4.26. The molecule has 1 aliphatic carbocycles. The molecule has 2 N–H and O–H groups in total. The smallest absolute Gasteiger partial charge is 0.250 e. The van der Waals surface area contributed by atoms with Gasteiger partial charge in [0.1, 0.15) is 4.21 Å². The van der Waals surface area contributed by atoms with Gasteiger partial charge >= 0.3 is 0 Å². The van der Waals surface area contributed by atoms with Crippen molar-refractivity contribution in [3.8, 4) is 0 Å². The second-order valence-electron chi connectivity index (χ2n) is 6.20. The fraction of sp³-hybridized carbons (Fsp3) is 0.714. The molecule has 7 heteroatoms. The second-order valence-corrected chi connectivity index (χ2v) is 9.10. The zero-order chi connectivity index (χ0) is 14.9. The van der Waals surface area contributed by atoms with E-state index in [1.165, 1.54) is 24.2 Å². The highest BCUT2D eigenvalue weighted by molar-refractivity contribution is 7.91. The van der Waals surface area contributed by atoms with Crippen LogP contribution in [0.25, 0.3) is 0 Å². The third-order valence-electron chi connectivity index (χ3n) is 4.12. The molecule has 1 atom stereocenters. The lowest BCUT2D eigenvalue weighted by Gasteiger charge is -2.11. The zero-order valence-corrected chi connectivity index (χ0v) is 14.0. The first-order valence-electron chi connectivity index (χ1n) is 7.52. The summed E-state index contributed by atoms with van der Waals surface area (Å²) in [6.45, 7) is 3.34. The summed E-state index contributed by atoms with van der Waals surface area (Å²) >= 11 is 1.31. The predicted molar refractivity (Wildman–Crippen MR) is 85.0 cm³/mol. The Morgan fingerprint density at radius 3 is 2.86 bits per heavy atom. The maximum Gasteiger partial charge on any atom is 0.250 e. The lowest BCUT2D eigenvalue weighted by molar-refractivity contribution is 0.394. The van der Waals surface area contributed by atoms with E-state index in [0.29, 0.717) is 22.7 Å². The molecule has 1 saturated carbocycles. The molecule has 2 fully saturated rings. The van der Waals surface area contributed by atoms with E-state index in [2.05, 4.69) is 22.0 Å². The van der Waals surface area contributed by atoms with Gasteiger partial charge in [0.15, 0.2) is 0 Å². The monoisotopic (exact) mass is 329 g/mol. The van der Waals surface area contributed by atoms with Crippen LogP contribution in [0.4, 0.5) is 0 Å². The van der Waals surface area contributed by atoms with Gasteiger partial charge in [-0.25, -0.2) is 13.1 Å². The SMILES string of the molecule is CN1CCC(CNS(=O)(=O)c2cc(CNC3CC3)cs2)C1. The summed E-state index contributed by atoms with van der Waals surface area (Å²) in [5.74, 6) is 0.431. The molecule has 0 bridgehead atoms. The van der Waals surface area contributed by atoms with E-state index in [-0.39, 0.29) is 0 Å². The maximum absolute atomic E-state index is 12.3. The van der Waals surface area contributed by atoms with Crippen molar-refractivity contribution in [2.45, 2.75) is 36.1 Å². The lowest BCUT2D eigenvalue weighted by Crippen LogP contribution is -2.30. The first-order chi connectivity index (χ1) is 10.0. The summed E-state index contributed by atoms with van der Waals surface area (Å²) in [6.07, 6.45) is 3.55. The molecule has 1 aliphatic heterocycles. The molecule has 3 rings (SSSR count). The van der Waals surface area contributed by atoms with E-state index in [1.54, 1.807) is 6.07 Å². The van der Waals surface area contributed by atoms with E-state index in [0.717, 1.165) is 31.6 Å². The Bertz CT molecular complexity index is 581. The number of hydrogen-bond donors (Lipinski definition) is 2. The zero-order valence-electron chi connectivity index (χ0n) is 12.3. The summed E-state index contributed by atoms with van der Waals surface area (Å²) in [6, 6.07) is 2.44. The number of nitrogens with one attached hydrogen (secondary N) is 2. The highest BCUT2D eigenvalue weighted by Crippen LogP contribution is 2.23. The predicted octanol–water partition coefficient (Wildman–Crippen LogP) is 1.23. The van der Waals surface area contributed by atoms with Gasteiger partial charge in [-0.05, 0) is 55.8 Å². The number of likely N-dealkylation sites (tertiary alicyclic amines) is 1. The average molecular weight is 329 g/mol. The molecule has 0 spiro atoms. The van der Waals surface area contributed by atoms with Gasteiger partial charge in [0.25, 0.3) is 0 Å². The first-order valence-corrected chi connectivity index (χ1v) is 9.88. The Balaban J connectivity index is 1.53. The van der Waals surface area contributed by atoms with Crippen molar-refractivity contribution in [2.24, 2.45) is 5.92 Å². The summed E-state index contributed by atoms with van der Waals surface area (Å²) in [5, 5.41) is 5.34. The standard InChI is InChI=1S/C14H23N3O2S2/c1-17-5-4-11(9-17)8-16-21(18,19)14-6-12(10-20-14)7-15-13-2-3-13/h6,10-11,13,15-16H,2-5,7-9H2,1H3. The molecule has 1 unspecified atom stereocenters. The van der Waals surface area contributed by atoms with Crippen molar-refractivity contribution in [3.63, 3.8) is 0 Å². The molecule has 21 heavy (non-hydrogen) atoms.